The number of aromatic nitrogens is 1. The fraction of sp³-hybridized carbons (Fsp3) is 0. The van der Waals surface area contributed by atoms with Crippen molar-refractivity contribution in [1.29, 1.82) is 0 Å². The molecular formula is C42H26N2S. The topological polar surface area (TPSA) is 17.2 Å². The Morgan fingerprint density at radius 3 is 1.42 bits per heavy atom. The van der Waals surface area contributed by atoms with E-state index in [4.69, 9.17) is 11.6 Å². The SMILES string of the molecule is [C-]#[N+]c1ccc(-c2ccc(-c3cccc4c3sc3c(-c5ccc(-c6ccc(-c7ccccc7)nc6)cc5)cccc34)cc2)cc1. The summed E-state index contributed by atoms with van der Waals surface area (Å²) < 4.78 is 2.61. The van der Waals surface area contributed by atoms with Gasteiger partial charge in [-0.25, -0.2) is 4.85 Å². The second-order valence-corrected chi connectivity index (χ2v) is 12.1. The Morgan fingerprint density at radius 1 is 0.422 bits per heavy atom. The maximum absolute atomic E-state index is 7.20. The van der Waals surface area contributed by atoms with E-state index in [-0.39, 0.29) is 0 Å². The smallest absolute Gasteiger partial charge is 0.187 e. The highest BCUT2D eigenvalue weighted by Gasteiger charge is 2.14. The fourth-order valence-electron chi connectivity index (χ4n) is 6.03. The van der Waals surface area contributed by atoms with Gasteiger partial charge in [0.05, 0.1) is 12.3 Å². The molecule has 0 fully saturated rings. The molecule has 0 aliphatic heterocycles. The van der Waals surface area contributed by atoms with E-state index in [1.54, 1.807) is 0 Å². The Morgan fingerprint density at radius 2 is 0.911 bits per heavy atom. The summed E-state index contributed by atoms with van der Waals surface area (Å²) in [5.41, 5.74) is 12.2. The molecule has 0 N–H and O–H groups in total. The van der Waals surface area contributed by atoms with Crippen molar-refractivity contribution in [1.82, 2.24) is 4.98 Å². The van der Waals surface area contributed by atoms with Gasteiger partial charge in [-0.05, 0) is 45.0 Å². The number of rotatable bonds is 5. The van der Waals surface area contributed by atoms with Gasteiger partial charge in [-0.2, -0.15) is 0 Å². The second kappa shape index (κ2) is 11.4. The summed E-state index contributed by atoms with van der Waals surface area (Å²) in [6.45, 7) is 7.20. The molecule has 8 aromatic rings. The minimum atomic E-state index is 0.660. The summed E-state index contributed by atoms with van der Waals surface area (Å²) in [6.07, 6.45) is 1.96. The molecule has 6 aromatic carbocycles. The molecule has 2 nitrogen and oxygen atoms in total. The Balaban J connectivity index is 1.12. The number of fused-ring (bicyclic) bond motifs is 3. The standard InChI is InChI=1S/C42H26N2S/c1-43-35-24-21-29(22-25-35)28-13-17-31(18-14-28)36-9-5-11-38-39-12-6-10-37(42(39)45-41(36)38)32-19-15-30(16-20-32)34-23-26-40(44-27-34)33-7-3-2-4-8-33/h2-27H. The molecule has 210 valence electrons. The summed E-state index contributed by atoms with van der Waals surface area (Å²) in [5, 5.41) is 2.57. The van der Waals surface area contributed by atoms with Crippen LogP contribution in [0.3, 0.4) is 0 Å². The van der Waals surface area contributed by atoms with Gasteiger partial charge >= 0.3 is 0 Å². The molecule has 0 atom stereocenters. The van der Waals surface area contributed by atoms with Gasteiger partial charge < -0.3 is 0 Å². The van der Waals surface area contributed by atoms with Crippen LogP contribution >= 0.6 is 11.3 Å². The van der Waals surface area contributed by atoms with Crippen molar-refractivity contribution in [3.8, 4) is 55.8 Å². The summed E-state index contributed by atoms with van der Waals surface area (Å²) >= 11 is 1.87. The number of nitrogens with zero attached hydrogens (tertiary/aromatic N) is 2. The van der Waals surface area contributed by atoms with Crippen LogP contribution in [0.2, 0.25) is 0 Å². The zero-order valence-corrected chi connectivity index (χ0v) is 25.1. The van der Waals surface area contributed by atoms with Gasteiger partial charge in [-0.15, -0.1) is 11.3 Å². The van der Waals surface area contributed by atoms with Gasteiger partial charge in [0.15, 0.2) is 5.69 Å². The van der Waals surface area contributed by atoms with Crippen LogP contribution in [0.25, 0.3) is 80.8 Å². The van der Waals surface area contributed by atoms with Crippen molar-refractivity contribution in [2.45, 2.75) is 0 Å². The predicted octanol–water partition coefficient (Wildman–Crippen LogP) is 12.3. The minimum absolute atomic E-state index is 0.660. The minimum Gasteiger partial charge on any atom is -0.256 e. The molecule has 0 aliphatic rings. The van der Waals surface area contributed by atoms with Crippen molar-refractivity contribution < 1.29 is 0 Å². The molecule has 0 radical (unpaired) electrons. The highest BCUT2D eigenvalue weighted by Crippen LogP contribution is 2.44. The molecule has 45 heavy (non-hydrogen) atoms. The Bertz CT molecular complexity index is 2330. The maximum Gasteiger partial charge on any atom is 0.187 e. The molecule has 8 rings (SSSR count). The Kier molecular flexibility index (Phi) is 6.76. The van der Waals surface area contributed by atoms with E-state index < -0.39 is 0 Å². The first kappa shape index (κ1) is 26.8. The van der Waals surface area contributed by atoms with Gasteiger partial charge in [0.25, 0.3) is 0 Å². The van der Waals surface area contributed by atoms with E-state index in [1.165, 1.54) is 42.4 Å². The summed E-state index contributed by atoms with van der Waals surface area (Å²) in [5.74, 6) is 0. The van der Waals surface area contributed by atoms with Crippen LogP contribution in [0, 0.1) is 6.57 Å². The van der Waals surface area contributed by atoms with Crippen LogP contribution in [-0.4, -0.2) is 4.98 Å². The summed E-state index contributed by atoms with van der Waals surface area (Å²) in [6, 6.07) is 53.2. The number of pyridine rings is 1. The molecule has 0 bridgehead atoms. The van der Waals surface area contributed by atoms with Crippen LogP contribution in [0.1, 0.15) is 0 Å². The number of thiophene rings is 1. The van der Waals surface area contributed by atoms with Crippen LogP contribution in [0.4, 0.5) is 5.69 Å². The van der Waals surface area contributed by atoms with E-state index in [2.05, 4.69) is 114 Å². The van der Waals surface area contributed by atoms with Crippen molar-refractivity contribution >= 4 is 37.2 Å². The summed E-state index contributed by atoms with van der Waals surface area (Å²) in [7, 11) is 0. The van der Waals surface area contributed by atoms with Crippen molar-refractivity contribution in [2.24, 2.45) is 0 Å². The molecular weight excluding hydrogens is 565 g/mol. The first-order chi connectivity index (χ1) is 22.2. The normalized spacial score (nSPS) is 11.1. The van der Waals surface area contributed by atoms with Gasteiger partial charge in [0.2, 0.25) is 0 Å². The Labute approximate surface area is 266 Å². The third-order valence-electron chi connectivity index (χ3n) is 8.41. The molecule has 2 heterocycles. The first-order valence-corrected chi connectivity index (χ1v) is 15.7. The highest BCUT2D eigenvalue weighted by molar-refractivity contribution is 7.26. The molecule has 0 unspecified atom stereocenters. The molecule has 0 saturated carbocycles. The lowest BCUT2D eigenvalue weighted by atomic mass is 9.97. The van der Waals surface area contributed by atoms with E-state index >= 15 is 0 Å². The van der Waals surface area contributed by atoms with Gasteiger partial charge in [-0.3, -0.25) is 4.98 Å². The first-order valence-electron chi connectivity index (χ1n) is 14.9. The third kappa shape index (κ3) is 4.98. The maximum atomic E-state index is 7.20. The van der Waals surface area contributed by atoms with E-state index in [1.807, 2.05) is 60.0 Å². The predicted molar refractivity (Wildman–Crippen MR) is 191 cm³/mol. The van der Waals surface area contributed by atoms with E-state index in [0.717, 1.165) is 33.5 Å². The molecule has 0 amide bonds. The van der Waals surface area contributed by atoms with Crippen molar-refractivity contribution in [2.75, 3.05) is 0 Å². The van der Waals surface area contributed by atoms with Gasteiger partial charge in [0, 0.05) is 37.5 Å². The van der Waals surface area contributed by atoms with Gasteiger partial charge in [-0.1, -0.05) is 146 Å². The van der Waals surface area contributed by atoms with Gasteiger partial charge in [0.1, 0.15) is 0 Å². The van der Waals surface area contributed by atoms with E-state index in [9.17, 15) is 0 Å². The van der Waals surface area contributed by atoms with Crippen molar-refractivity contribution in [3.05, 3.63) is 169 Å². The number of hydrogen-bond acceptors (Lipinski definition) is 2. The van der Waals surface area contributed by atoms with Crippen molar-refractivity contribution in [3.63, 3.8) is 0 Å². The number of benzene rings is 6. The summed E-state index contributed by atoms with van der Waals surface area (Å²) in [4.78, 5) is 8.23. The second-order valence-electron chi connectivity index (χ2n) is 11.1. The lowest BCUT2D eigenvalue weighted by Gasteiger charge is -2.07. The number of hydrogen-bond donors (Lipinski definition) is 0. The average Bonchev–Trinajstić information content (AvgIpc) is 3.52. The zero-order valence-electron chi connectivity index (χ0n) is 24.3. The molecule has 2 aromatic heterocycles. The fourth-order valence-corrected chi connectivity index (χ4v) is 7.40. The van der Waals surface area contributed by atoms with Crippen LogP contribution in [-0.2, 0) is 0 Å². The molecule has 3 heteroatoms. The molecule has 0 aliphatic carbocycles. The van der Waals surface area contributed by atoms with Crippen LogP contribution in [0.15, 0.2) is 158 Å². The van der Waals surface area contributed by atoms with Crippen LogP contribution in [0.5, 0.6) is 0 Å². The highest BCUT2D eigenvalue weighted by atomic mass is 32.1. The van der Waals surface area contributed by atoms with Crippen LogP contribution < -0.4 is 0 Å². The molecule has 0 spiro atoms. The quantitative estimate of drug-likeness (QED) is 0.182. The molecule has 0 saturated heterocycles. The van der Waals surface area contributed by atoms with E-state index in [0.29, 0.717) is 5.69 Å². The third-order valence-corrected chi connectivity index (χ3v) is 9.70. The largest absolute Gasteiger partial charge is 0.256 e. The lowest BCUT2D eigenvalue weighted by Crippen LogP contribution is -1.85. The average molecular weight is 591 g/mol. The monoisotopic (exact) mass is 590 g/mol. The Hall–Kier alpha value is -5.82. The zero-order chi connectivity index (χ0) is 30.2. The lowest BCUT2D eigenvalue weighted by molar-refractivity contribution is 1.32.